The van der Waals surface area contributed by atoms with Crippen LogP contribution in [-0.4, -0.2) is 36.2 Å². The first kappa shape index (κ1) is 20.5. The van der Waals surface area contributed by atoms with E-state index in [0.29, 0.717) is 25.1 Å². The first-order chi connectivity index (χ1) is 15.2. The summed E-state index contributed by atoms with van der Waals surface area (Å²) in [7, 11) is 3.28. The van der Waals surface area contributed by atoms with Crippen molar-refractivity contribution in [3.05, 3.63) is 89.7 Å². The van der Waals surface area contributed by atoms with E-state index >= 15 is 0 Å². The molecule has 0 aliphatic heterocycles. The Morgan fingerprint density at radius 3 is 2.45 bits per heavy atom. The first-order valence-corrected chi connectivity index (χ1v) is 10.2. The van der Waals surface area contributed by atoms with Gasteiger partial charge in [0.25, 0.3) is 5.91 Å². The molecule has 0 aliphatic carbocycles. The highest BCUT2D eigenvalue weighted by Crippen LogP contribution is 2.23. The van der Waals surface area contributed by atoms with Crippen molar-refractivity contribution in [1.29, 1.82) is 0 Å². The largest absolute Gasteiger partial charge is 0.497 e. The number of imidazole rings is 1. The summed E-state index contributed by atoms with van der Waals surface area (Å²) in [6.45, 7) is 1.13. The zero-order valence-corrected chi connectivity index (χ0v) is 17.7. The van der Waals surface area contributed by atoms with Crippen molar-refractivity contribution in [3.63, 3.8) is 0 Å². The Kier molecular flexibility index (Phi) is 6.17. The average Bonchev–Trinajstić information content (AvgIpc) is 3.16. The van der Waals surface area contributed by atoms with Gasteiger partial charge in [-0.05, 0) is 42.5 Å². The number of para-hydroxylation sites is 3. The molecule has 1 aromatic heterocycles. The maximum absolute atomic E-state index is 12.5. The number of nitrogens with zero attached hydrogens (tertiary/aromatic N) is 2. The molecular formula is C25H25N3O3. The standard InChI is InChI=1S/C25H25N3O3/c1-30-20-13-11-18(12-14-20)25(29)26-16-15-24-27-21-8-4-5-9-22(21)28(24)17-19-7-3-6-10-23(19)31-2/h3-14H,15-17H2,1-2H3,(H,26,29). The third kappa shape index (κ3) is 4.53. The summed E-state index contributed by atoms with van der Waals surface area (Å²) in [6.07, 6.45) is 0.617. The molecule has 0 aliphatic rings. The van der Waals surface area contributed by atoms with Gasteiger partial charge in [-0.2, -0.15) is 0 Å². The zero-order valence-electron chi connectivity index (χ0n) is 17.7. The van der Waals surface area contributed by atoms with E-state index in [9.17, 15) is 4.79 Å². The maximum Gasteiger partial charge on any atom is 0.251 e. The van der Waals surface area contributed by atoms with Crippen molar-refractivity contribution in [3.8, 4) is 11.5 Å². The predicted molar refractivity (Wildman–Crippen MR) is 121 cm³/mol. The highest BCUT2D eigenvalue weighted by Gasteiger charge is 2.13. The lowest BCUT2D eigenvalue weighted by atomic mass is 10.2. The minimum Gasteiger partial charge on any atom is -0.497 e. The van der Waals surface area contributed by atoms with E-state index < -0.39 is 0 Å². The van der Waals surface area contributed by atoms with Gasteiger partial charge in [0, 0.05) is 24.1 Å². The van der Waals surface area contributed by atoms with Gasteiger partial charge in [-0.15, -0.1) is 0 Å². The van der Waals surface area contributed by atoms with E-state index in [2.05, 4.69) is 22.0 Å². The number of carbonyl (C=O) groups excluding carboxylic acids is 1. The van der Waals surface area contributed by atoms with Crippen molar-refractivity contribution in [2.24, 2.45) is 0 Å². The van der Waals surface area contributed by atoms with Gasteiger partial charge in [-0.3, -0.25) is 4.79 Å². The summed E-state index contributed by atoms with van der Waals surface area (Å²) in [6, 6.07) is 23.1. The number of fused-ring (bicyclic) bond motifs is 1. The van der Waals surface area contributed by atoms with E-state index in [-0.39, 0.29) is 5.91 Å². The molecular weight excluding hydrogens is 390 g/mol. The zero-order chi connectivity index (χ0) is 21.6. The molecule has 0 unspecified atom stereocenters. The fourth-order valence-electron chi connectivity index (χ4n) is 3.63. The molecule has 158 valence electrons. The van der Waals surface area contributed by atoms with E-state index in [4.69, 9.17) is 14.5 Å². The SMILES string of the molecule is COc1ccc(C(=O)NCCc2nc3ccccc3n2Cc2ccccc2OC)cc1. The molecule has 6 heteroatoms. The highest BCUT2D eigenvalue weighted by molar-refractivity contribution is 5.94. The number of carbonyl (C=O) groups is 1. The number of amides is 1. The Morgan fingerprint density at radius 2 is 1.68 bits per heavy atom. The quantitative estimate of drug-likeness (QED) is 0.471. The smallest absolute Gasteiger partial charge is 0.251 e. The number of rotatable bonds is 8. The Balaban J connectivity index is 1.52. The monoisotopic (exact) mass is 415 g/mol. The van der Waals surface area contributed by atoms with Crippen LogP contribution in [0.5, 0.6) is 11.5 Å². The number of ether oxygens (including phenoxy) is 2. The van der Waals surface area contributed by atoms with Gasteiger partial charge in [-0.1, -0.05) is 30.3 Å². The van der Waals surface area contributed by atoms with Gasteiger partial charge in [0.1, 0.15) is 17.3 Å². The third-order valence-electron chi connectivity index (χ3n) is 5.24. The highest BCUT2D eigenvalue weighted by atomic mass is 16.5. The molecule has 0 spiro atoms. The molecule has 0 radical (unpaired) electrons. The number of nitrogens with one attached hydrogen (secondary N) is 1. The number of hydrogen-bond acceptors (Lipinski definition) is 4. The van der Waals surface area contributed by atoms with Crippen LogP contribution in [0.4, 0.5) is 0 Å². The van der Waals surface area contributed by atoms with Gasteiger partial charge >= 0.3 is 0 Å². The summed E-state index contributed by atoms with van der Waals surface area (Å²) in [5.74, 6) is 2.37. The van der Waals surface area contributed by atoms with Gasteiger partial charge in [0.15, 0.2) is 0 Å². The molecule has 0 fully saturated rings. The van der Waals surface area contributed by atoms with Crippen LogP contribution < -0.4 is 14.8 Å². The van der Waals surface area contributed by atoms with Gasteiger partial charge in [-0.25, -0.2) is 4.98 Å². The molecule has 0 bridgehead atoms. The third-order valence-corrected chi connectivity index (χ3v) is 5.24. The van der Waals surface area contributed by atoms with Crippen molar-refractivity contribution >= 4 is 16.9 Å². The van der Waals surface area contributed by atoms with Crippen LogP contribution in [0.2, 0.25) is 0 Å². The lowest BCUT2D eigenvalue weighted by Gasteiger charge is -2.13. The van der Waals surface area contributed by atoms with Crippen molar-refractivity contribution in [2.45, 2.75) is 13.0 Å². The molecule has 1 amide bonds. The number of hydrogen-bond donors (Lipinski definition) is 1. The number of methoxy groups -OCH3 is 2. The van der Waals surface area contributed by atoms with Crippen molar-refractivity contribution in [1.82, 2.24) is 14.9 Å². The Bertz CT molecular complexity index is 1180. The van der Waals surface area contributed by atoms with E-state index in [1.165, 1.54) is 0 Å². The molecule has 4 rings (SSSR count). The summed E-state index contributed by atoms with van der Waals surface area (Å²) >= 11 is 0. The first-order valence-electron chi connectivity index (χ1n) is 10.2. The lowest BCUT2D eigenvalue weighted by Crippen LogP contribution is -2.26. The van der Waals surface area contributed by atoms with Gasteiger partial charge in [0.2, 0.25) is 0 Å². The minimum absolute atomic E-state index is 0.116. The molecule has 6 nitrogen and oxygen atoms in total. The molecule has 4 aromatic rings. The maximum atomic E-state index is 12.5. The van der Waals surface area contributed by atoms with Crippen LogP contribution in [0.1, 0.15) is 21.7 Å². The normalized spacial score (nSPS) is 10.8. The summed E-state index contributed by atoms with van der Waals surface area (Å²) < 4.78 is 12.9. The Labute approximate surface area is 181 Å². The summed E-state index contributed by atoms with van der Waals surface area (Å²) in [4.78, 5) is 17.3. The molecule has 1 heterocycles. The second-order valence-electron chi connectivity index (χ2n) is 7.15. The van der Waals surface area contributed by atoms with Gasteiger partial charge in [0.05, 0.1) is 31.8 Å². The van der Waals surface area contributed by atoms with Crippen LogP contribution in [0.25, 0.3) is 11.0 Å². The van der Waals surface area contributed by atoms with Crippen LogP contribution >= 0.6 is 0 Å². The molecule has 0 saturated heterocycles. The van der Waals surface area contributed by atoms with Crippen molar-refractivity contribution < 1.29 is 14.3 Å². The lowest BCUT2D eigenvalue weighted by molar-refractivity contribution is 0.0954. The van der Waals surface area contributed by atoms with E-state index in [1.807, 2.05) is 36.4 Å². The second kappa shape index (κ2) is 9.34. The number of aromatic nitrogens is 2. The Hall–Kier alpha value is -3.80. The minimum atomic E-state index is -0.116. The van der Waals surface area contributed by atoms with Crippen LogP contribution in [0.3, 0.4) is 0 Å². The van der Waals surface area contributed by atoms with E-state index in [1.54, 1.807) is 38.5 Å². The molecule has 31 heavy (non-hydrogen) atoms. The second-order valence-corrected chi connectivity index (χ2v) is 7.15. The van der Waals surface area contributed by atoms with Gasteiger partial charge < -0.3 is 19.4 Å². The average molecular weight is 415 g/mol. The van der Waals surface area contributed by atoms with Crippen LogP contribution in [0.15, 0.2) is 72.8 Å². The number of benzene rings is 3. The molecule has 0 saturated carbocycles. The Morgan fingerprint density at radius 1 is 0.935 bits per heavy atom. The molecule has 0 atom stereocenters. The fraction of sp³-hybridized carbons (Fsp3) is 0.200. The van der Waals surface area contributed by atoms with Crippen LogP contribution in [0, 0.1) is 0 Å². The molecule has 1 N–H and O–H groups in total. The fourth-order valence-corrected chi connectivity index (χ4v) is 3.63. The van der Waals surface area contributed by atoms with Crippen LogP contribution in [-0.2, 0) is 13.0 Å². The summed E-state index contributed by atoms with van der Waals surface area (Å²) in [5, 5.41) is 2.99. The predicted octanol–water partition coefficient (Wildman–Crippen LogP) is 4.07. The van der Waals surface area contributed by atoms with E-state index in [0.717, 1.165) is 33.9 Å². The van der Waals surface area contributed by atoms with Crippen molar-refractivity contribution in [2.75, 3.05) is 20.8 Å². The topological polar surface area (TPSA) is 65.4 Å². The summed E-state index contributed by atoms with van der Waals surface area (Å²) in [5.41, 5.74) is 3.68. The molecule has 3 aromatic carbocycles.